The number of nitrogens with zero attached hydrogens (tertiary/aromatic N) is 3. The number of carbonyl (C=O) groups is 2. The molecule has 1 atom stereocenters. The molecule has 3 rings (SSSR count). The molecule has 0 radical (unpaired) electrons. The van der Waals surface area contributed by atoms with Gasteiger partial charge in [0.15, 0.2) is 0 Å². The SMILES string of the molecule is C.COC[C@H](NC(=O)C1(N)CCN(c2ncnc(N)c2C(N)=O)CC1)c1ccc(Cl)cc1. The van der Waals surface area contributed by atoms with E-state index in [4.69, 9.17) is 33.5 Å². The van der Waals surface area contributed by atoms with E-state index in [9.17, 15) is 9.59 Å². The van der Waals surface area contributed by atoms with Gasteiger partial charge >= 0.3 is 0 Å². The second kappa shape index (κ2) is 10.6. The minimum absolute atomic E-state index is 0. The standard InChI is InChI=1S/C20H26ClN7O3.CH4/c1-31-10-14(12-2-4-13(21)5-3-12)27-19(30)20(24)6-8-28(9-7-20)18-15(17(23)29)16(22)25-11-26-18;/h2-5,11,14H,6-10,24H2,1H3,(H2,23,29)(H,27,30)(H2,22,25,26);1H4/t14-;/m0./s1. The lowest BCUT2D eigenvalue weighted by atomic mass is 9.87. The van der Waals surface area contributed by atoms with Crippen LogP contribution in [0.4, 0.5) is 11.6 Å². The van der Waals surface area contributed by atoms with Crippen LogP contribution in [0.5, 0.6) is 0 Å². The van der Waals surface area contributed by atoms with Crippen LogP contribution in [-0.4, -0.2) is 54.1 Å². The van der Waals surface area contributed by atoms with E-state index < -0.39 is 11.4 Å². The molecule has 7 N–H and O–H groups in total. The van der Waals surface area contributed by atoms with Crippen molar-refractivity contribution in [3.05, 3.63) is 46.7 Å². The molecule has 0 saturated carbocycles. The average Bonchev–Trinajstić information content (AvgIpc) is 2.74. The Hall–Kier alpha value is -2.95. The Labute approximate surface area is 192 Å². The van der Waals surface area contributed by atoms with Crippen molar-refractivity contribution in [2.45, 2.75) is 31.8 Å². The number of rotatable bonds is 7. The molecule has 1 aromatic carbocycles. The van der Waals surface area contributed by atoms with Gasteiger partial charge in [0.25, 0.3) is 5.91 Å². The molecule has 10 nitrogen and oxygen atoms in total. The summed E-state index contributed by atoms with van der Waals surface area (Å²) in [6.45, 7) is 1.09. The summed E-state index contributed by atoms with van der Waals surface area (Å²) in [7, 11) is 1.56. The van der Waals surface area contributed by atoms with Gasteiger partial charge in [-0.2, -0.15) is 0 Å². The number of methoxy groups -OCH3 is 1. The topological polar surface area (TPSA) is 162 Å². The lowest BCUT2D eigenvalue weighted by Crippen LogP contribution is -2.60. The molecule has 174 valence electrons. The van der Waals surface area contributed by atoms with Crippen LogP contribution in [0.1, 0.15) is 42.2 Å². The highest BCUT2D eigenvalue weighted by Gasteiger charge is 2.39. The van der Waals surface area contributed by atoms with Crippen LogP contribution >= 0.6 is 11.6 Å². The molecule has 11 heteroatoms. The number of anilines is 2. The number of carbonyl (C=O) groups excluding carboxylic acids is 2. The minimum Gasteiger partial charge on any atom is -0.383 e. The highest BCUT2D eigenvalue weighted by Crippen LogP contribution is 2.28. The summed E-state index contributed by atoms with van der Waals surface area (Å²) in [5.41, 5.74) is 17.5. The molecular weight excluding hydrogens is 434 g/mol. The molecule has 2 heterocycles. The number of halogens is 1. The average molecular weight is 464 g/mol. The Balaban J connectivity index is 0.00000363. The molecular formula is C21H30ClN7O3. The van der Waals surface area contributed by atoms with Gasteiger partial charge in [0.2, 0.25) is 5.91 Å². The van der Waals surface area contributed by atoms with Gasteiger partial charge in [0.1, 0.15) is 23.5 Å². The predicted molar refractivity (Wildman–Crippen MR) is 124 cm³/mol. The van der Waals surface area contributed by atoms with Gasteiger partial charge in [-0.1, -0.05) is 31.2 Å². The van der Waals surface area contributed by atoms with E-state index in [0.717, 1.165) is 5.56 Å². The molecule has 1 aromatic heterocycles. The summed E-state index contributed by atoms with van der Waals surface area (Å²) in [4.78, 5) is 34.7. The number of aromatic nitrogens is 2. The van der Waals surface area contributed by atoms with E-state index in [-0.39, 0.29) is 37.4 Å². The second-order valence-corrected chi connectivity index (χ2v) is 7.93. The first kappa shape index (κ1) is 25.3. The van der Waals surface area contributed by atoms with Crippen molar-refractivity contribution in [3.8, 4) is 0 Å². The van der Waals surface area contributed by atoms with Crippen molar-refractivity contribution in [2.75, 3.05) is 37.4 Å². The first-order valence-electron chi connectivity index (χ1n) is 9.74. The number of nitrogen functional groups attached to an aromatic ring is 1. The van der Waals surface area contributed by atoms with Crippen LogP contribution in [-0.2, 0) is 9.53 Å². The van der Waals surface area contributed by atoms with E-state index >= 15 is 0 Å². The van der Waals surface area contributed by atoms with Crippen LogP contribution < -0.4 is 27.4 Å². The number of hydrogen-bond donors (Lipinski definition) is 4. The largest absolute Gasteiger partial charge is 0.383 e. The molecule has 2 aromatic rings. The molecule has 0 spiro atoms. The first-order valence-corrected chi connectivity index (χ1v) is 10.1. The normalized spacial score (nSPS) is 16.0. The lowest BCUT2D eigenvalue weighted by molar-refractivity contribution is -0.128. The van der Waals surface area contributed by atoms with Gasteiger partial charge in [-0.25, -0.2) is 9.97 Å². The van der Waals surface area contributed by atoms with Crippen molar-refractivity contribution in [1.29, 1.82) is 0 Å². The fourth-order valence-corrected chi connectivity index (χ4v) is 3.72. The van der Waals surface area contributed by atoms with E-state index in [1.807, 2.05) is 17.0 Å². The molecule has 1 fully saturated rings. The van der Waals surface area contributed by atoms with Gasteiger partial charge in [-0.15, -0.1) is 0 Å². The quantitative estimate of drug-likeness (QED) is 0.476. The number of primary amides is 1. The maximum absolute atomic E-state index is 13.1. The zero-order valence-corrected chi connectivity index (χ0v) is 17.9. The number of piperidine rings is 1. The molecule has 0 aliphatic carbocycles. The summed E-state index contributed by atoms with van der Waals surface area (Å²) in [5.74, 6) is -0.617. The summed E-state index contributed by atoms with van der Waals surface area (Å²) in [6, 6.07) is 6.82. The highest BCUT2D eigenvalue weighted by atomic mass is 35.5. The predicted octanol–water partition coefficient (Wildman–Crippen LogP) is 1.25. The van der Waals surface area contributed by atoms with Crippen molar-refractivity contribution < 1.29 is 14.3 Å². The second-order valence-electron chi connectivity index (χ2n) is 7.50. The van der Waals surface area contributed by atoms with Crippen LogP contribution in [0, 0.1) is 0 Å². The van der Waals surface area contributed by atoms with Crippen molar-refractivity contribution >= 4 is 35.1 Å². The first-order chi connectivity index (χ1) is 14.7. The molecule has 1 aliphatic rings. The molecule has 1 aliphatic heterocycles. The molecule has 0 unspecified atom stereocenters. The van der Waals surface area contributed by atoms with Gasteiger partial charge in [-0.05, 0) is 30.5 Å². The molecule has 2 amide bonds. The third-order valence-electron chi connectivity index (χ3n) is 5.42. The summed E-state index contributed by atoms with van der Waals surface area (Å²) in [5, 5.41) is 3.59. The van der Waals surface area contributed by atoms with Crippen LogP contribution in [0.3, 0.4) is 0 Å². The maximum Gasteiger partial charge on any atom is 0.256 e. The van der Waals surface area contributed by atoms with Crippen LogP contribution in [0.15, 0.2) is 30.6 Å². The Bertz CT molecular complexity index is 947. The van der Waals surface area contributed by atoms with E-state index in [1.54, 1.807) is 19.2 Å². The molecule has 1 saturated heterocycles. The Kier molecular flexibility index (Phi) is 8.37. The Morgan fingerprint density at radius 1 is 1.25 bits per heavy atom. The summed E-state index contributed by atoms with van der Waals surface area (Å²) < 4.78 is 5.26. The van der Waals surface area contributed by atoms with Gasteiger partial charge in [-0.3, -0.25) is 9.59 Å². The number of hydrogen-bond acceptors (Lipinski definition) is 8. The third-order valence-corrected chi connectivity index (χ3v) is 5.67. The van der Waals surface area contributed by atoms with Gasteiger partial charge in [0.05, 0.1) is 18.2 Å². The number of nitrogens with two attached hydrogens (primary N) is 3. The fourth-order valence-electron chi connectivity index (χ4n) is 3.60. The smallest absolute Gasteiger partial charge is 0.256 e. The fraction of sp³-hybridized carbons (Fsp3) is 0.429. The molecule has 32 heavy (non-hydrogen) atoms. The monoisotopic (exact) mass is 463 g/mol. The lowest BCUT2D eigenvalue weighted by Gasteiger charge is -2.39. The van der Waals surface area contributed by atoms with Crippen molar-refractivity contribution in [1.82, 2.24) is 15.3 Å². The Morgan fingerprint density at radius 3 is 2.44 bits per heavy atom. The van der Waals surface area contributed by atoms with Crippen LogP contribution in [0.25, 0.3) is 0 Å². The highest BCUT2D eigenvalue weighted by molar-refractivity contribution is 6.30. The Morgan fingerprint density at radius 2 is 1.88 bits per heavy atom. The zero-order chi connectivity index (χ0) is 22.6. The number of amides is 2. The van der Waals surface area contributed by atoms with Crippen molar-refractivity contribution in [2.24, 2.45) is 11.5 Å². The molecule has 0 bridgehead atoms. The van der Waals surface area contributed by atoms with E-state index in [1.165, 1.54) is 6.33 Å². The van der Waals surface area contributed by atoms with E-state index in [2.05, 4.69) is 15.3 Å². The minimum atomic E-state index is -1.08. The van der Waals surface area contributed by atoms with E-state index in [0.29, 0.717) is 36.8 Å². The third kappa shape index (κ3) is 5.45. The van der Waals surface area contributed by atoms with Gasteiger partial charge in [0, 0.05) is 25.2 Å². The number of benzene rings is 1. The maximum atomic E-state index is 13.1. The summed E-state index contributed by atoms with van der Waals surface area (Å²) in [6.07, 6.45) is 1.97. The van der Waals surface area contributed by atoms with Crippen LogP contribution in [0.2, 0.25) is 5.02 Å². The van der Waals surface area contributed by atoms with Gasteiger partial charge < -0.3 is 32.2 Å². The summed E-state index contributed by atoms with van der Waals surface area (Å²) >= 11 is 5.96. The number of nitrogens with one attached hydrogen (secondary N) is 1. The zero-order valence-electron chi connectivity index (χ0n) is 17.2. The van der Waals surface area contributed by atoms with Crippen molar-refractivity contribution in [3.63, 3.8) is 0 Å². The number of ether oxygens (including phenoxy) is 1.